The van der Waals surface area contributed by atoms with Crippen molar-refractivity contribution in [3.05, 3.63) is 28.9 Å². The molecule has 1 amide bonds. The van der Waals surface area contributed by atoms with Crippen LogP contribution in [0.15, 0.2) is 18.3 Å². The van der Waals surface area contributed by atoms with Gasteiger partial charge >= 0.3 is 0 Å². The fourth-order valence-corrected chi connectivity index (χ4v) is 2.59. The number of hydrogen-bond donors (Lipinski definition) is 3. The molecule has 0 spiro atoms. The third-order valence-electron chi connectivity index (χ3n) is 2.51. The minimum Gasteiger partial charge on any atom is -0.382 e. The highest BCUT2D eigenvalue weighted by Gasteiger charge is 2.19. The molecular formula is C14H19N5OS. The van der Waals surface area contributed by atoms with Gasteiger partial charge in [0.05, 0.1) is 11.9 Å². The number of amides is 1. The maximum Gasteiger partial charge on any atom is 0.269 e. The lowest BCUT2D eigenvalue weighted by molar-refractivity contribution is 0.103. The number of nitrogens with one attached hydrogen (secondary N) is 2. The number of hydrogen-bond acceptors (Lipinski definition) is 6. The van der Waals surface area contributed by atoms with Gasteiger partial charge in [0.25, 0.3) is 5.91 Å². The molecule has 2 aromatic rings. The summed E-state index contributed by atoms with van der Waals surface area (Å²) in [5, 5.41) is 6.60. The van der Waals surface area contributed by atoms with Crippen molar-refractivity contribution in [2.75, 3.05) is 16.4 Å². The van der Waals surface area contributed by atoms with Crippen molar-refractivity contribution in [1.29, 1.82) is 0 Å². The van der Waals surface area contributed by atoms with Crippen LogP contribution in [-0.2, 0) is 0 Å². The minimum absolute atomic E-state index is 0.140. The first-order valence-electron chi connectivity index (χ1n) is 6.53. The lowest BCUT2D eigenvalue weighted by Crippen LogP contribution is -2.25. The number of carbonyl (C=O) groups excluding carboxylic acids is 1. The highest BCUT2D eigenvalue weighted by Crippen LogP contribution is 2.27. The Morgan fingerprint density at radius 3 is 2.62 bits per heavy atom. The second kappa shape index (κ2) is 5.69. The number of carbonyl (C=O) groups is 1. The number of rotatable bonds is 3. The van der Waals surface area contributed by atoms with Crippen molar-refractivity contribution in [3.8, 4) is 0 Å². The monoisotopic (exact) mass is 305 g/mol. The fraction of sp³-hybridized carbons (Fsp3) is 0.357. The maximum atomic E-state index is 12.2. The van der Waals surface area contributed by atoms with E-state index in [1.54, 1.807) is 12.3 Å². The predicted octanol–water partition coefficient (Wildman–Crippen LogP) is 2.89. The van der Waals surface area contributed by atoms with Crippen LogP contribution in [0.2, 0.25) is 0 Å². The second-order valence-corrected chi connectivity index (χ2v) is 6.75. The maximum absolute atomic E-state index is 12.2. The summed E-state index contributed by atoms with van der Waals surface area (Å²) in [4.78, 5) is 20.9. The molecule has 2 rings (SSSR count). The van der Waals surface area contributed by atoms with Gasteiger partial charge in [-0.3, -0.25) is 9.78 Å². The third kappa shape index (κ3) is 4.16. The standard InChI is InChI=1S/C14H19N5OS/c1-8-5-6-9(7-16-8)17-12(20)10-11(15)18-13(21-10)19-14(2,3)4/h5-7H,15H2,1-4H3,(H,17,20)(H,18,19). The molecule has 4 N–H and O–H groups in total. The zero-order valence-corrected chi connectivity index (χ0v) is 13.3. The second-order valence-electron chi connectivity index (χ2n) is 5.75. The molecule has 112 valence electrons. The number of nitrogen functional groups attached to an aromatic ring is 1. The van der Waals surface area contributed by atoms with E-state index in [9.17, 15) is 4.79 Å². The van der Waals surface area contributed by atoms with E-state index in [0.29, 0.717) is 15.7 Å². The molecule has 0 bridgehead atoms. The van der Waals surface area contributed by atoms with E-state index >= 15 is 0 Å². The summed E-state index contributed by atoms with van der Waals surface area (Å²) in [6.45, 7) is 7.93. The van der Waals surface area contributed by atoms with Gasteiger partial charge in [-0.05, 0) is 39.8 Å². The molecule has 0 fully saturated rings. The van der Waals surface area contributed by atoms with Gasteiger partial charge in [0.15, 0.2) is 5.13 Å². The molecule has 0 unspecified atom stereocenters. The molecule has 0 saturated carbocycles. The Kier molecular flexibility index (Phi) is 4.13. The molecule has 0 aliphatic carbocycles. The van der Waals surface area contributed by atoms with Crippen LogP contribution in [0.5, 0.6) is 0 Å². The average Bonchev–Trinajstić information content (AvgIpc) is 2.70. The van der Waals surface area contributed by atoms with Crippen LogP contribution >= 0.6 is 11.3 Å². The van der Waals surface area contributed by atoms with Gasteiger partial charge in [-0.15, -0.1) is 0 Å². The van der Waals surface area contributed by atoms with Gasteiger partial charge in [-0.25, -0.2) is 4.98 Å². The van der Waals surface area contributed by atoms with Crippen LogP contribution in [0.3, 0.4) is 0 Å². The quantitative estimate of drug-likeness (QED) is 0.810. The smallest absolute Gasteiger partial charge is 0.269 e. The molecule has 0 aliphatic heterocycles. The van der Waals surface area contributed by atoms with Crippen LogP contribution in [0, 0.1) is 6.92 Å². The van der Waals surface area contributed by atoms with Crippen molar-refractivity contribution in [1.82, 2.24) is 9.97 Å². The molecule has 2 aromatic heterocycles. The predicted molar refractivity (Wildman–Crippen MR) is 86.8 cm³/mol. The molecule has 0 atom stereocenters. The molecule has 0 saturated heterocycles. The number of nitrogens with zero attached hydrogens (tertiary/aromatic N) is 2. The van der Waals surface area contributed by atoms with Gasteiger partial charge in [0.1, 0.15) is 10.7 Å². The molecule has 2 heterocycles. The van der Waals surface area contributed by atoms with Crippen molar-refractivity contribution >= 4 is 33.9 Å². The normalized spacial score (nSPS) is 11.2. The summed E-state index contributed by atoms with van der Waals surface area (Å²) in [6.07, 6.45) is 1.61. The zero-order valence-electron chi connectivity index (χ0n) is 12.5. The summed E-state index contributed by atoms with van der Waals surface area (Å²) in [7, 11) is 0. The lowest BCUT2D eigenvalue weighted by Gasteiger charge is -2.19. The first-order chi connectivity index (χ1) is 9.74. The summed E-state index contributed by atoms with van der Waals surface area (Å²) in [5.74, 6) is -0.0538. The van der Waals surface area contributed by atoms with Crippen molar-refractivity contribution in [3.63, 3.8) is 0 Å². The van der Waals surface area contributed by atoms with Crippen LogP contribution in [0.25, 0.3) is 0 Å². The highest BCUT2D eigenvalue weighted by molar-refractivity contribution is 7.18. The summed E-state index contributed by atoms with van der Waals surface area (Å²) in [5.41, 5.74) is 7.20. The number of thiazole rings is 1. The summed E-state index contributed by atoms with van der Waals surface area (Å²) in [6, 6.07) is 3.63. The number of nitrogens with two attached hydrogens (primary N) is 1. The van der Waals surface area contributed by atoms with Gasteiger partial charge in [-0.2, -0.15) is 0 Å². The van der Waals surface area contributed by atoms with Gasteiger partial charge in [-0.1, -0.05) is 11.3 Å². The number of aryl methyl sites for hydroxylation is 1. The van der Waals surface area contributed by atoms with E-state index < -0.39 is 0 Å². The number of pyridine rings is 1. The van der Waals surface area contributed by atoms with E-state index in [0.717, 1.165) is 5.69 Å². The van der Waals surface area contributed by atoms with Crippen molar-refractivity contribution in [2.45, 2.75) is 33.2 Å². The molecule has 7 heteroatoms. The Hall–Kier alpha value is -2.15. The van der Waals surface area contributed by atoms with Crippen LogP contribution in [-0.4, -0.2) is 21.4 Å². The van der Waals surface area contributed by atoms with Crippen LogP contribution in [0.4, 0.5) is 16.6 Å². The average molecular weight is 305 g/mol. The lowest BCUT2D eigenvalue weighted by atomic mass is 10.1. The van der Waals surface area contributed by atoms with E-state index in [1.165, 1.54) is 11.3 Å². The summed E-state index contributed by atoms with van der Waals surface area (Å²) >= 11 is 1.24. The molecule has 21 heavy (non-hydrogen) atoms. The summed E-state index contributed by atoms with van der Waals surface area (Å²) < 4.78 is 0. The van der Waals surface area contributed by atoms with Crippen molar-refractivity contribution in [2.24, 2.45) is 0 Å². The number of anilines is 3. The third-order valence-corrected chi connectivity index (χ3v) is 3.50. The molecular weight excluding hydrogens is 286 g/mol. The molecule has 6 nitrogen and oxygen atoms in total. The molecule has 0 aromatic carbocycles. The van der Waals surface area contributed by atoms with E-state index in [-0.39, 0.29) is 17.3 Å². The Bertz CT molecular complexity index is 642. The first kappa shape index (κ1) is 15.2. The van der Waals surface area contributed by atoms with Crippen LogP contribution < -0.4 is 16.4 Å². The Balaban J connectivity index is 2.14. The number of aromatic nitrogens is 2. The topological polar surface area (TPSA) is 92.9 Å². The molecule has 0 aliphatic rings. The first-order valence-corrected chi connectivity index (χ1v) is 7.35. The largest absolute Gasteiger partial charge is 0.382 e. The Labute approximate surface area is 127 Å². The van der Waals surface area contributed by atoms with E-state index in [1.807, 2.05) is 33.8 Å². The van der Waals surface area contributed by atoms with E-state index in [4.69, 9.17) is 5.73 Å². The minimum atomic E-state index is -0.280. The van der Waals surface area contributed by atoms with Gasteiger partial charge < -0.3 is 16.4 Å². The Morgan fingerprint density at radius 2 is 2.05 bits per heavy atom. The van der Waals surface area contributed by atoms with Crippen LogP contribution in [0.1, 0.15) is 36.1 Å². The zero-order chi connectivity index (χ0) is 15.6. The van der Waals surface area contributed by atoms with E-state index in [2.05, 4.69) is 20.6 Å². The fourth-order valence-electron chi connectivity index (χ4n) is 1.60. The van der Waals surface area contributed by atoms with Gasteiger partial charge in [0, 0.05) is 11.2 Å². The van der Waals surface area contributed by atoms with Crippen molar-refractivity contribution < 1.29 is 4.79 Å². The Morgan fingerprint density at radius 1 is 1.33 bits per heavy atom. The van der Waals surface area contributed by atoms with Gasteiger partial charge in [0.2, 0.25) is 0 Å². The molecule has 0 radical (unpaired) electrons. The highest BCUT2D eigenvalue weighted by atomic mass is 32.1. The SMILES string of the molecule is Cc1ccc(NC(=O)c2sc(NC(C)(C)C)nc2N)cn1.